The molecule has 25 heavy (non-hydrogen) atoms. The first-order chi connectivity index (χ1) is 11.6. The Morgan fingerprint density at radius 2 is 1.44 bits per heavy atom. The van der Waals surface area contributed by atoms with Gasteiger partial charge in [0.15, 0.2) is 9.88 Å². The molecule has 1 fully saturated rings. The molecule has 0 atom stereocenters. The van der Waals surface area contributed by atoms with Crippen LogP contribution in [0, 0.1) is 4.77 Å². The van der Waals surface area contributed by atoms with Crippen LogP contribution in [-0.2, 0) is 23.7 Å². The maximum absolute atomic E-state index is 12.2. The van der Waals surface area contributed by atoms with Gasteiger partial charge in [-0.1, -0.05) is 6.08 Å². The maximum Gasteiger partial charge on any atom is 0.265 e. The molecule has 1 aliphatic rings. The van der Waals surface area contributed by atoms with Gasteiger partial charge in [-0.3, -0.25) is 33.3 Å². The molecule has 132 valence electrons. The molecule has 1 aromatic rings. The van der Waals surface area contributed by atoms with E-state index in [4.69, 9.17) is 24.4 Å². The van der Waals surface area contributed by atoms with Gasteiger partial charge in [0.1, 0.15) is 11.1 Å². The van der Waals surface area contributed by atoms with Gasteiger partial charge >= 0.3 is 0 Å². The number of nitrogens with zero attached hydrogens (tertiary/aromatic N) is 4. The van der Waals surface area contributed by atoms with Crippen LogP contribution >= 0.6 is 24.4 Å². The molecule has 0 aromatic carbocycles. The minimum Gasteiger partial charge on any atom is -0.494 e. The molecule has 1 saturated heterocycles. The summed E-state index contributed by atoms with van der Waals surface area (Å²) in [5.41, 5.74) is -0.606. The highest BCUT2D eigenvalue weighted by Gasteiger charge is 2.34. The zero-order chi connectivity index (χ0) is 19.0. The van der Waals surface area contributed by atoms with Gasteiger partial charge in [-0.15, -0.1) is 0 Å². The molecule has 2 rings (SSSR count). The SMILES string of the molecule is CN1C(=O)C(=CC=Cc2c(O)n(C)c(=S)n(C)c2=O)C(=O)N(C)C1=S. The first-order valence-electron chi connectivity index (χ1n) is 7.07. The average molecular weight is 380 g/mol. The third-order valence-electron chi connectivity index (χ3n) is 3.84. The van der Waals surface area contributed by atoms with Crippen LogP contribution in [0.4, 0.5) is 0 Å². The third-order valence-corrected chi connectivity index (χ3v) is 4.93. The summed E-state index contributed by atoms with van der Waals surface area (Å²) in [5, 5.41) is 10.2. The summed E-state index contributed by atoms with van der Waals surface area (Å²) < 4.78 is 2.64. The predicted octanol–water partition coefficient (Wildman–Crippen LogP) is 0.314. The van der Waals surface area contributed by atoms with Crippen LogP contribution in [-0.4, -0.2) is 55.1 Å². The van der Waals surface area contributed by atoms with Gasteiger partial charge in [-0.25, -0.2) is 0 Å². The van der Waals surface area contributed by atoms with Gasteiger partial charge in [0.25, 0.3) is 17.4 Å². The summed E-state index contributed by atoms with van der Waals surface area (Å²) >= 11 is 10.0. The Bertz CT molecular complexity index is 945. The molecule has 10 heteroatoms. The van der Waals surface area contributed by atoms with E-state index in [1.807, 2.05) is 0 Å². The zero-order valence-electron chi connectivity index (χ0n) is 14.0. The second kappa shape index (κ2) is 6.73. The Morgan fingerprint density at radius 1 is 0.920 bits per heavy atom. The van der Waals surface area contributed by atoms with Crippen molar-refractivity contribution >= 4 is 47.4 Å². The number of thiocarbonyl (C=S) groups is 1. The van der Waals surface area contributed by atoms with Gasteiger partial charge in [0, 0.05) is 28.2 Å². The predicted molar refractivity (Wildman–Crippen MR) is 98.4 cm³/mol. The minimum absolute atomic E-state index is 0.0108. The van der Waals surface area contributed by atoms with E-state index in [1.165, 1.54) is 65.4 Å². The molecule has 2 heterocycles. The second-order valence-electron chi connectivity index (χ2n) is 5.39. The Morgan fingerprint density at radius 3 is 1.96 bits per heavy atom. The number of rotatable bonds is 2. The van der Waals surface area contributed by atoms with E-state index in [9.17, 15) is 19.5 Å². The van der Waals surface area contributed by atoms with E-state index in [1.54, 1.807) is 0 Å². The monoisotopic (exact) mass is 380 g/mol. The number of carbonyl (C=O) groups is 2. The lowest BCUT2D eigenvalue weighted by Gasteiger charge is -2.31. The van der Waals surface area contributed by atoms with E-state index < -0.39 is 17.4 Å². The van der Waals surface area contributed by atoms with Gasteiger partial charge in [-0.05, 0) is 36.6 Å². The van der Waals surface area contributed by atoms with Crippen molar-refractivity contribution in [2.75, 3.05) is 14.1 Å². The smallest absolute Gasteiger partial charge is 0.265 e. The number of aromatic hydroxyl groups is 1. The highest BCUT2D eigenvalue weighted by Crippen LogP contribution is 2.17. The topological polar surface area (TPSA) is 87.8 Å². The fourth-order valence-electron chi connectivity index (χ4n) is 2.24. The van der Waals surface area contributed by atoms with Crippen molar-refractivity contribution in [1.29, 1.82) is 0 Å². The Balaban J connectivity index is 2.48. The molecule has 2 amide bonds. The second-order valence-corrected chi connectivity index (χ2v) is 6.12. The molecular weight excluding hydrogens is 364 g/mol. The summed E-state index contributed by atoms with van der Waals surface area (Å²) in [5.74, 6) is -1.39. The molecule has 0 radical (unpaired) electrons. The van der Waals surface area contributed by atoms with Crippen LogP contribution < -0.4 is 5.56 Å². The van der Waals surface area contributed by atoms with Crippen molar-refractivity contribution in [3.05, 3.63) is 38.4 Å². The minimum atomic E-state index is -0.540. The fraction of sp³-hybridized carbons (Fsp3) is 0.267. The standard InChI is InChI=1S/C15H16N4O4S2/c1-16-10(20)8(11(21)17(2)14(16)24)6-5-7-9-12(22)18(3)15(25)19(4)13(9)23/h5-7,20H,1-4H3. The average Bonchev–Trinajstić information content (AvgIpc) is 2.60. The first-order valence-corrected chi connectivity index (χ1v) is 7.88. The summed E-state index contributed by atoms with van der Waals surface area (Å²) in [6.07, 6.45) is 3.94. The number of amides is 2. The van der Waals surface area contributed by atoms with Crippen molar-refractivity contribution in [2.24, 2.45) is 14.1 Å². The fourth-order valence-corrected chi connectivity index (χ4v) is 2.58. The number of likely N-dealkylation sites (N-methyl/N-ethyl adjacent to an activating group) is 2. The molecule has 0 saturated carbocycles. The van der Waals surface area contributed by atoms with Crippen molar-refractivity contribution in [1.82, 2.24) is 18.9 Å². The maximum atomic E-state index is 12.2. The summed E-state index contributed by atoms with van der Waals surface area (Å²) in [4.78, 5) is 38.9. The number of carbonyl (C=O) groups excluding carboxylic acids is 2. The third kappa shape index (κ3) is 3.05. The number of hydrogen-bond acceptors (Lipinski definition) is 6. The van der Waals surface area contributed by atoms with E-state index in [-0.39, 0.29) is 26.9 Å². The molecule has 1 N–H and O–H groups in total. The van der Waals surface area contributed by atoms with Gasteiger partial charge in [0.2, 0.25) is 5.88 Å². The number of allylic oxidation sites excluding steroid dienone is 2. The molecular formula is C15H16N4O4S2. The van der Waals surface area contributed by atoms with Gasteiger partial charge < -0.3 is 5.11 Å². The molecule has 0 unspecified atom stereocenters. The van der Waals surface area contributed by atoms with E-state index in [0.29, 0.717) is 0 Å². The molecule has 0 aliphatic carbocycles. The number of hydrogen-bond donors (Lipinski definition) is 1. The molecule has 0 bridgehead atoms. The zero-order valence-corrected chi connectivity index (χ0v) is 15.6. The van der Waals surface area contributed by atoms with Crippen LogP contribution in [0.3, 0.4) is 0 Å². The Kier molecular flexibility index (Phi) is 5.04. The Labute approximate surface area is 153 Å². The number of aromatic nitrogens is 2. The van der Waals surface area contributed by atoms with Crippen LogP contribution in [0.25, 0.3) is 6.08 Å². The van der Waals surface area contributed by atoms with E-state index in [2.05, 4.69) is 0 Å². The molecule has 0 spiro atoms. The van der Waals surface area contributed by atoms with Crippen molar-refractivity contribution < 1.29 is 14.7 Å². The largest absolute Gasteiger partial charge is 0.494 e. The van der Waals surface area contributed by atoms with Crippen LogP contribution in [0.1, 0.15) is 5.56 Å². The van der Waals surface area contributed by atoms with Crippen molar-refractivity contribution in [3.63, 3.8) is 0 Å². The highest BCUT2D eigenvalue weighted by atomic mass is 32.1. The molecule has 8 nitrogen and oxygen atoms in total. The lowest BCUT2D eigenvalue weighted by molar-refractivity contribution is -0.132. The first kappa shape index (κ1) is 18.7. The summed E-state index contributed by atoms with van der Waals surface area (Å²) in [7, 11) is 5.94. The van der Waals surface area contributed by atoms with Crippen molar-refractivity contribution in [2.45, 2.75) is 0 Å². The molecule has 1 aromatic heterocycles. The van der Waals surface area contributed by atoms with E-state index in [0.717, 1.165) is 0 Å². The van der Waals surface area contributed by atoms with Crippen molar-refractivity contribution in [3.8, 4) is 5.88 Å². The van der Waals surface area contributed by atoms with Crippen LogP contribution in [0.2, 0.25) is 0 Å². The van der Waals surface area contributed by atoms with Gasteiger partial charge in [0.05, 0.1) is 0 Å². The summed E-state index contributed by atoms with van der Waals surface area (Å²) in [6.45, 7) is 0. The van der Waals surface area contributed by atoms with Crippen LogP contribution in [0.15, 0.2) is 22.5 Å². The quantitative estimate of drug-likeness (QED) is 0.452. The van der Waals surface area contributed by atoms with Crippen LogP contribution in [0.5, 0.6) is 5.88 Å². The van der Waals surface area contributed by atoms with E-state index >= 15 is 0 Å². The Hall–Kier alpha value is -2.59. The summed E-state index contributed by atoms with van der Waals surface area (Å²) in [6, 6.07) is 0. The lowest BCUT2D eigenvalue weighted by Crippen LogP contribution is -2.52. The van der Waals surface area contributed by atoms with Gasteiger partial charge in [-0.2, -0.15) is 0 Å². The highest BCUT2D eigenvalue weighted by molar-refractivity contribution is 7.80. The lowest BCUT2D eigenvalue weighted by atomic mass is 10.1. The normalized spacial score (nSPS) is 15.5. The molecule has 1 aliphatic heterocycles.